The summed E-state index contributed by atoms with van der Waals surface area (Å²) >= 11 is 0. The molecule has 0 heterocycles. The van der Waals surface area contributed by atoms with Crippen molar-refractivity contribution in [3.8, 4) is 16.9 Å². The molecule has 4 nitrogen and oxygen atoms in total. The molecule has 0 unspecified atom stereocenters. The highest BCUT2D eigenvalue weighted by Gasteiger charge is 2.28. The Labute approximate surface area is 208 Å². The Hall–Kier alpha value is -2.95. The number of benzene rings is 2. The van der Waals surface area contributed by atoms with Gasteiger partial charge in [-0.15, -0.1) is 0 Å². The fraction of sp³-hybridized carbons (Fsp3) is 0.467. The van der Waals surface area contributed by atoms with Crippen LogP contribution >= 0.6 is 0 Å². The van der Waals surface area contributed by atoms with Crippen LogP contribution in [-0.4, -0.2) is 22.9 Å². The molecule has 2 aromatic carbocycles. The van der Waals surface area contributed by atoms with Gasteiger partial charge in [0.15, 0.2) is 0 Å². The van der Waals surface area contributed by atoms with Gasteiger partial charge >= 0.3 is 5.97 Å². The second-order valence-electron chi connectivity index (χ2n) is 10.2. The second kappa shape index (κ2) is 12.1. The van der Waals surface area contributed by atoms with E-state index in [-0.39, 0.29) is 17.8 Å². The zero-order valence-electron chi connectivity index (χ0n) is 21.4. The van der Waals surface area contributed by atoms with Crippen molar-refractivity contribution in [1.82, 2.24) is 0 Å². The van der Waals surface area contributed by atoms with Gasteiger partial charge in [0.25, 0.3) is 0 Å². The Kier molecular flexibility index (Phi) is 9.25. The molecule has 0 aromatic heterocycles. The van der Waals surface area contributed by atoms with Crippen LogP contribution in [0.25, 0.3) is 16.7 Å². The zero-order chi connectivity index (χ0) is 25.5. The Morgan fingerprint density at radius 1 is 1.06 bits per heavy atom. The van der Waals surface area contributed by atoms with Crippen LogP contribution in [0.4, 0.5) is 4.39 Å². The van der Waals surface area contributed by atoms with Crippen LogP contribution in [0.1, 0.15) is 89.7 Å². The molecule has 5 heteroatoms. The summed E-state index contributed by atoms with van der Waals surface area (Å²) in [6, 6.07) is 10.6. The van der Waals surface area contributed by atoms with E-state index in [1.165, 1.54) is 6.07 Å². The minimum atomic E-state index is -1.28. The first kappa shape index (κ1) is 26.7. The number of carboxylic acids is 1. The fourth-order valence-corrected chi connectivity index (χ4v) is 4.65. The zero-order valence-corrected chi connectivity index (χ0v) is 21.4. The minimum Gasteiger partial charge on any atom is -0.490 e. The number of nitrogens with one attached hydrogen (secondary N) is 1. The van der Waals surface area contributed by atoms with Crippen molar-refractivity contribution in [3.63, 3.8) is 0 Å². The molecule has 0 atom stereocenters. The Balaban J connectivity index is 0.000000795. The molecule has 2 aliphatic carbocycles. The van der Waals surface area contributed by atoms with Crippen molar-refractivity contribution < 1.29 is 19.0 Å². The Morgan fingerprint density at radius 2 is 1.71 bits per heavy atom. The van der Waals surface area contributed by atoms with Crippen LogP contribution < -0.4 is 4.74 Å². The van der Waals surface area contributed by atoms with E-state index < -0.39 is 11.7 Å². The van der Waals surface area contributed by atoms with Gasteiger partial charge in [-0.25, -0.2) is 9.18 Å². The number of aliphatic carboxylic acids is 1. The number of hydrogen-bond acceptors (Lipinski definition) is 3. The van der Waals surface area contributed by atoms with Crippen molar-refractivity contribution in [3.05, 3.63) is 59.4 Å². The summed E-state index contributed by atoms with van der Waals surface area (Å²) in [6.45, 7) is 8.22. The molecule has 0 bridgehead atoms. The average molecular weight is 480 g/mol. The van der Waals surface area contributed by atoms with Gasteiger partial charge < -0.3 is 9.84 Å². The average Bonchev–Trinajstić information content (AvgIpc) is 3.28. The van der Waals surface area contributed by atoms with Crippen molar-refractivity contribution in [2.75, 3.05) is 0 Å². The predicted molar refractivity (Wildman–Crippen MR) is 141 cm³/mol. The summed E-state index contributed by atoms with van der Waals surface area (Å²) in [5.41, 5.74) is 2.78. The van der Waals surface area contributed by atoms with Crippen molar-refractivity contribution in [2.24, 2.45) is 5.92 Å². The molecule has 4 rings (SSSR count). The smallest absolute Gasteiger partial charge is 0.354 e. The van der Waals surface area contributed by atoms with Crippen molar-refractivity contribution in [2.45, 2.75) is 84.7 Å². The lowest BCUT2D eigenvalue weighted by Gasteiger charge is -2.29. The summed E-state index contributed by atoms with van der Waals surface area (Å²) in [7, 11) is 0. The molecule has 188 valence electrons. The quantitative estimate of drug-likeness (QED) is 0.393. The van der Waals surface area contributed by atoms with E-state index in [1.54, 1.807) is 25.1 Å². The highest BCUT2D eigenvalue weighted by molar-refractivity contribution is 6.52. The third-order valence-electron chi connectivity index (χ3n) is 6.51. The van der Waals surface area contributed by atoms with Gasteiger partial charge in [-0.2, -0.15) is 0 Å². The SMILES string of the molecule is C/C=C(\C(=N)C(=O)O)c1ccc(OC2CCCC2)c(-c2cccc(F)c2C2CCC2)c1.CC(C)C. The molecule has 35 heavy (non-hydrogen) atoms. The first-order valence-electron chi connectivity index (χ1n) is 12.8. The van der Waals surface area contributed by atoms with Gasteiger partial charge in [-0.05, 0) is 92.2 Å². The molecule has 0 spiro atoms. The molecular weight excluding hydrogens is 441 g/mol. The molecule has 2 aliphatic rings. The molecule has 2 fully saturated rings. The Bertz CT molecular complexity index is 1080. The molecule has 0 aliphatic heterocycles. The second-order valence-corrected chi connectivity index (χ2v) is 10.2. The van der Waals surface area contributed by atoms with Crippen molar-refractivity contribution >= 4 is 17.3 Å². The molecule has 0 radical (unpaired) electrons. The normalized spacial score (nSPS) is 16.5. The fourth-order valence-electron chi connectivity index (χ4n) is 4.65. The predicted octanol–water partition coefficient (Wildman–Crippen LogP) is 8.25. The first-order valence-corrected chi connectivity index (χ1v) is 12.8. The molecular formula is C30H38FNO3. The number of ether oxygens (including phenoxy) is 1. The van der Waals surface area contributed by atoms with Crippen LogP contribution in [0.15, 0.2) is 42.5 Å². The van der Waals surface area contributed by atoms with Crippen LogP contribution in [0.3, 0.4) is 0 Å². The first-order chi connectivity index (χ1) is 16.7. The third kappa shape index (κ3) is 6.59. The van der Waals surface area contributed by atoms with E-state index >= 15 is 0 Å². The van der Waals surface area contributed by atoms with Crippen LogP contribution in [-0.2, 0) is 4.79 Å². The largest absolute Gasteiger partial charge is 0.490 e. The monoisotopic (exact) mass is 479 g/mol. The van der Waals surface area contributed by atoms with E-state index in [0.717, 1.165) is 67.6 Å². The summed E-state index contributed by atoms with van der Waals surface area (Å²) in [5.74, 6) is 0.239. The van der Waals surface area contributed by atoms with Gasteiger partial charge in [0, 0.05) is 11.1 Å². The number of hydrogen-bond donors (Lipinski definition) is 2. The number of carboxylic acid groups (broad SMARTS) is 1. The maximum atomic E-state index is 14.9. The minimum absolute atomic E-state index is 0.142. The molecule has 2 aromatic rings. The summed E-state index contributed by atoms with van der Waals surface area (Å²) < 4.78 is 21.3. The van der Waals surface area contributed by atoms with E-state index in [1.807, 2.05) is 18.2 Å². The molecule has 2 saturated carbocycles. The molecule has 2 N–H and O–H groups in total. The number of halogens is 1. The number of carbonyl (C=O) groups is 1. The van der Waals surface area contributed by atoms with Crippen LogP contribution in [0.2, 0.25) is 0 Å². The van der Waals surface area contributed by atoms with E-state index in [2.05, 4.69) is 20.8 Å². The lowest BCUT2D eigenvalue weighted by atomic mass is 9.76. The van der Waals surface area contributed by atoms with Gasteiger partial charge in [0.05, 0.1) is 6.10 Å². The Morgan fingerprint density at radius 3 is 2.26 bits per heavy atom. The molecule has 0 saturated heterocycles. The number of rotatable bonds is 7. The standard InChI is InChI=1S/C26H28FNO3.C4H10/c1-2-19(25(28)26(29)30)17-13-14-23(31-18-9-3-4-10-18)21(15-17)20-11-6-12-22(27)24(20)16-7-5-8-16;1-4(2)3/h2,6,11-16,18,28H,3-5,7-10H2,1H3,(H,29,30);4H,1-3H3/b19-2-,28-25?;. The summed E-state index contributed by atoms with van der Waals surface area (Å²) in [6.07, 6.45) is 9.10. The highest BCUT2D eigenvalue weighted by Crippen LogP contribution is 2.45. The lowest BCUT2D eigenvalue weighted by molar-refractivity contribution is -0.129. The maximum absolute atomic E-state index is 14.9. The number of allylic oxidation sites excluding steroid dienone is 1. The maximum Gasteiger partial charge on any atom is 0.354 e. The van der Waals surface area contributed by atoms with Crippen LogP contribution in [0, 0.1) is 17.1 Å². The lowest BCUT2D eigenvalue weighted by Crippen LogP contribution is -2.15. The van der Waals surface area contributed by atoms with E-state index in [9.17, 15) is 14.3 Å². The van der Waals surface area contributed by atoms with Gasteiger partial charge in [-0.1, -0.05) is 51.5 Å². The molecule has 0 amide bonds. The van der Waals surface area contributed by atoms with Crippen molar-refractivity contribution in [1.29, 1.82) is 5.41 Å². The highest BCUT2D eigenvalue weighted by atomic mass is 19.1. The van der Waals surface area contributed by atoms with Crippen LogP contribution in [0.5, 0.6) is 5.75 Å². The topological polar surface area (TPSA) is 70.4 Å². The van der Waals surface area contributed by atoms with E-state index in [4.69, 9.17) is 10.1 Å². The van der Waals surface area contributed by atoms with Gasteiger partial charge in [-0.3, -0.25) is 5.41 Å². The van der Waals surface area contributed by atoms with E-state index in [0.29, 0.717) is 16.9 Å². The third-order valence-corrected chi connectivity index (χ3v) is 6.51. The summed E-state index contributed by atoms with van der Waals surface area (Å²) in [4.78, 5) is 11.4. The summed E-state index contributed by atoms with van der Waals surface area (Å²) in [5, 5.41) is 17.3. The van der Waals surface area contributed by atoms with Gasteiger partial charge in [0.1, 0.15) is 17.3 Å². The van der Waals surface area contributed by atoms with Gasteiger partial charge in [0.2, 0.25) is 0 Å².